The summed E-state index contributed by atoms with van der Waals surface area (Å²) in [6, 6.07) is 0. The number of hydrogen-bond donors (Lipinski definition) is 2. The number of fused-ring (bicyclic) bond motifs is 2. The number of amides is 1. The Balaban J connectivity index is 1.55. The summed E-state index contributed by atoms with van der Waals surface area (Å²) in [5.74, 6) is -0.390. The van der Waals surface area contributed by atoms with Gasteiger partial charge in [-0.2, -0.15) is 0 Å². The van der Waals surface area contributed by atoms with Crippen LogP contribution in [-0.4, -0.2) is 28.3 Å². The van der Waals surface area contributed by atoms with E-state index in [4.69, 9.17) is 4.74 Å². The summed E-state index contributed by atoms with van der Waals surface area (Å²) in [5, 5.41) is 6.20. The molecule has 3 heterocycles. The zero-order chi connectivity index (χ0) is 11.8. The largest absolute Gasteiger partial charge is 0.438 e. The molecular formula is C10H13N3O4. The van der Waals surface area contributed by atoms with Gasteiger partial charge in [0, 0.05) is 0 Å². The summed E-state index contributed by atoms with van der Waals surface area (Å²) in [4.78, 5) is 24.9. The van der Waals surface area contributed by atoms with E-state index in [0.717, 1.165) is 19.3 Å². The Morgan fingerprint density at radius 3 is 3.00 bits per heavy atom. The lowest BCUT2D eigenvalue weighted by atomic mass is 9.88. The monoisotopic (exact) mass is 239 g/mol. The molecule has 0 unspecified atom stereocenters. The number of aromatic amines is 1. The molecule has 0 radical (unpaired) electrons. The fourth-order valence-electron chi connectivity index (χ4n) is 2.55. The number of nitrogens with zero attached hydrogens (tertiary/aromatic N) is 1. The van der Waals surface area contributed by atoms with Crippen LogP contribution in [0.3, 0.4) is 0 Å². The lowest BCUT2D eigenvalue weighted by molar-refractivity contribution is -0.126. The van der Waals surface area contributed by atoms with E-state index in [9.17, 15) is 9.59 Å². The van der Waals surface area contributed by atoms with E-state index in [1.807, 2.05) is 0 Å². The van der Waals surface area contributed by atoms with Crippen LogP contribution < -0.4 is 11.1 Å². The average molecular weight is 239 g/mol. The van der Waals surface area contributed by atoms with Crippen LogP contribution in [0.4, 0.5) is 0 Å². The molecule has 2 fully saturated rings. The molecule has 0 aromatic carbocycles. The van der Waals surface area contributed by atoms with Crippen LogP contribution in [-0.2, 0) is 16.1 Å². The summed E-state index contributed by atoms with van der Waals surface area (Å²) < 4.78 is 9.94. The van der Waals surface area contributed by atoms with Crippen LogP contribution in [0.15, 0.2) is 9.32 Å². The smallest absolute Gasteiger partial charge is 0.374 e. The van der Waals surface area contributed by atoms with Crippen LogP contribution in [0.5, 0.6) is 0 Å². The first-order chi connectivity index (χ1) is 8.22. The van der Waals surface area contributed by atoms with Crippen molar-refractivity contribution in [1.29, 1.82) is 0 Å². The molecule has 1 amide bonds. The minimum atomic E-state index is -0.613. The molecule has 7 nitrogen and oxygen atoms in total. The topological polar surface area (TPSA) is 97.2 Å². The van der Waals surface area contributed by atoms with Gasteiger partial charge >= 0.3 is 5.76 Å². The molecule has 0 spiro atoms. The van der Waals surface area contributed by atoms with Gasteiger partial charge in [0.2, 0.25) is 5.91 Å². The molecule has 2 saturated heterocycles. The first kappa shape index (κ1) is 10.5. The molecule has 3 rings (SSSR count). The summed E-state index contributed by atoms with van der Waals surface area (Å²) in [6.07, 6.45) is 3.14. The lowest BCUT2D eigenvalue weighted by Gasteiger charge is -2.17. The minimum Gasteiger partial charge on any atom is -0.374 e. The fraction of sp³-hybridized carbons (Fsp3) is 0.700. The molecule has 0 saturated carbocycles. The predicted molar refractivity (Wildman–Crippen MR) is 55.0 cm³/mol. The van der Waals surface area contributed by atoms with Gasteiger partial charge in [0.05, 0.1) is 24.7 Å². The Bertz CT molecular complexity index is 480. The van der Waals surface area contributed by atoms with Crippen molar-refractivity contribution < 1.29 is 14.1 Å². The van der Waals surface area contributed by atoms with Gasteiger partial charge < -0.3 is 10.1 Å². The number of aromatic nitrogens is 2. The van der Waals surface area contributed by atoms with E-state index in [0.29, 0.717) is 5.82 Å². The maximum Gasteiger partial charge on any atom is 0.438 e. The molecule has 0 aliphatic carbocycles. The first-order valence-corrected chi connectivity index (χ1v) is 5.70. The average Bonchev–Trinajstić information content (AvgIpc) is 3.01. The van der Waals surface area contributed by atoms with Gasteiger partial charge in [0.25, 0.3) is 0 Å². The molecule has 92 valence electrons. The number of nitrogens with one attached hydrogen (secondary N) is 2. The van der Waals surface area contributed by atoms with Crippen molar-refractivity contribution in [2.75, 3.05) is 0 Å². The second-order valence-corrected chi connectivity index (χ2v) is 4.48. The standard InChI is InChI=1S/C10H13N3O4/c14-9(6-3-5-1-2-7(6)16-5)11-4-8-12-10(15)17-13-8/h5-7H,1-4H2,(H,11,14)(H,12,13,15)/t5-,6+,7+/m0/s1. The number of carbonyl (C=O) groups excluding carboxylic acids is 1. The van der Waals surface area contributed by atoms with Gasteiger partial charge in [-0.25, -0.2) is 4.79 Å². The van der Waals surface area contributed by atoms with Crippen molar-refractivity contribution in [2.45, 2.75) is 38.0 Å². The highest BCUT2D eigenvalue weighted by Crippen LogP contribution is 2.38. The molecule has 2 N–H and O–H groups in total. The summed E-state index contributed by atoms with van der Waals surface area (Å²) in [5.41, 5.74) is 0. The molecule has 2 bridgehead atoms. The highest BCUT2D eigenvalue weighted by atomic mass is 16.5. The van der Waals surface area contributed by atoms with E-state index in [1.165, 1.54) is 0 Å². The summed E-state index contributed by atoms with van der Waals surface area (Å²) in [6.45, 7) is 0.179. The number of hydrogen-bond acceptors (Lipinski definition) is 5. The van der Waals surface area contributed by atoms with Gasteiger partial charge in [-0.15, -0.1) is 0 Å². The SMILES string of the molecule is O=C(NCc1noc(=O)[nH]1)[C@@H]1C[C@@H]2CC[C@H]1O2. The highest BCUT2D eigenvalue weighted by molar-refractivity contribution is 5.79. The fourth-order valence-corrected chi connectivity index (χ4v) is 2.55. The lowest BCUT2D eigenvalue weighted by Crippen LogP contribution is -2.35. The van der Waals surface area contributed by atoms with Crippen LogP contribution in [0.2, 0.25) is 0 Å². The van der Waals surface area contributed by atoms with Crippen molar-refractivity contribution in [2.24, 2.45) is 5.92 Å². The normalized spacial score (nSPS) is 30.7. The molecule has 2 aliphatic rings. The third kappa shape index (κ3) is 1.97. The Morgan fingerprint density at radius 1 is 1.53 bits per heavy atom. The predicted octanol–water partition coefficient (Wildman–Crippen LogP) is -0.453. The minimum absolute atomic E-state index is 0.0407. The zero-order valence-corrected chi connectivity index (χ0v) is 9.14. The molecule has 1 aromatic heterocycles. The van der Waals surface area contributed by atoms with E-state index in [2.05, 4.69) is 20.0 Å². The maximum atomic E-state index is 11.9. The Labute approximate surface area is 96.5 Å². The third-order valence-corrected chi connectivity index (χ3v) is 3.36. The molecule has 1 aromatic rings. The highest BCUT2D eigenvalue weighted by Gasteiger charge is 2.44. The van der Waals surface area contributed by atoms with Gasteiger partial charge in [-0.3, -0.25) is 14.3 Å². The van der Waals surface area contributed by atoms with Crippen molar-refractivity contribution in [3.8, 4) is 0 Å². The van der Waals surface area contributed by atoms with Crippen molar-refractivity contribution >= 4 is 5.91 Å². The van der Waals surface area contributed by atoms with E-state index >= 15 is 0 Å². The molecular weight excluding hydrogens is 226 g/mol. The molecule has 2 aliphatic heterocycles. The van der Waals surface area contributed by atoms with Gasteiger partial charge in [0.1, 0.15) is 0 Å². The van der Waals surface area contributed by atoms with Crippen molar-refractivity contribution in [3.63, 3.8) is 0 Å². The first-order valence-electron chi connectivity index (χ1n) is 5.70. The van der Waals surface area contributed by atoms with Crippen LogP contribution in [0, 0.1) is 5.92 Å². The summed E-state index contributed by atoms with van der Waals surface area (Å²) in [7, 11) is 0. The van der Waals surface area contributed by atoms with Crippen LogP contribution >= 0.6 is 0 Å². The number of ether oxygens (including phenoxy) is 1. The van der Waals surface area contributed by atoms with Crippen molar-refractivity contribution in [3.05, 3.63) is 16.4 Å². The second-order valence-electron chi connectivity index (χ2n) is 4.48. The molecule has 7 heteroatoms. The second kappa shape index (κ2) is 3.99. The van der Waals surface area contributed by atoms with Crippen LogP contribution in [0.1, 0.15) is 25.1 Å². The maximum absolute atomic E-state index is 11.9. The molecule has 3 atom stereocenters. The third-order valence-electron chi connectivity index (χ3n) is 3.36. The number of carbonyl (C=O) groups is 1. The Hall–Kier alpha value is -1.63. The zero-order valence-electron chi connectivity index (χ0n) is 9.14. The number of rotatable bonds is 3. The van der Waals surface area contributed by atoms with E-state index in [-0.39, 0.29) is 30.6 Å². The van der Waals surface area contributed by atoms with E-state index in [1.54, 1.807) is 0 Å². The Morgan fingerprint density at radius 2 is 2.41 bits per heavy atom. The van der Waals surface area contributed by atoms with Gasteiger partial charge in [0.15, 0.2) is 5.82 Å². The molecule has 17 heavy (non-hydrogen) atoms. The quantitative estimate of drug-likeness (QED) is 0.744. The van der Waals surface area contributed by atoms with E-state index < -0.39 is 5.76 Å². The Kier molecular flexibility index (Phi) is 2.47. The summed E-state index contributed by atoms with van der Waals surface area (Å²) >= 11 is 0. The number of H-pyrrole nitrogens is 1. The van der Waals surface area contributed by atoms with Crippen LogP contribution in [0.25, 0.3) is 0 Å². The van der Waals surface area contributed by atoms with Crippen molar-refractivity contribution in [1.82, 2.24) is 15.5 Å². The van der Waals surface area contributed by atoms with Gasteiger partial charge in [-0.05, 0) is 19.3 Å². The van der Waals surface area contributed by atoms with Gasteiger partial charge in [-0.1, -0.05) is 5.16 Å².